The van der Waals surface area contributed by atoms with E-state index >= 15 is 0 Å². The molecule has 14 heavy (non-hydrogen) atoms. The second-order valence-corrected chi connectivity index (χ2v) is 3.27. The lowest BCUT2D eigenvalue weighted by molar-refractivity contribution is -0.137. The Labute approximate surface area is 83.8 Å². The lowest BCUT2D eigenvalue weighted by Crippen LogP contribution is -2.30. The molecule has 0 fully saturated rings. The summed E-state index contributed by atoms with van der Waals surface area (Å²) in [5, 5.41) is 11.7. The summed E-state index contributed by atoms with van der Waals surface area (Å²) in [5.41, 5.74) is 1.16. The van der Waals surface area contributed by atoms with Gasteiger partial charge >= 0.3 is 5.97 Å². The Morgan fingerprint density at radius 1 is 1.43 bits per heavy atom. The number of carboxylic acid groups (broad SMARTS) is 1. The van der Waals surface area contributed by atoms with Gasteiger partial charge in [0.1, 0.15) is 0 Å². The molecule has 0 saturated carbocycles. The summed E-state index contributed by atoms with van der Waals surface area (Å²) in [6.45, 7) is 0. The number of benzene rings is 1. The Bertz CT molecular complexity index is 285. The van der Waals surface area contributed by atoms with Crippen molar-refractivity contribution in [3.8, 4) is 0 Å². The molecule has 0 amide bonds. The van der Waals surface area contributed by atoms with E-state index in [0.29, 0.717) is 0 Å². The minimum absolute atomic E-state index is 0.00917. The first kappa shape index (κ1) is 10.7. The molecule has 1 aromatic rings. The minimum atomic E-state index is -0.764. The average molecular weight is 193 g/mol. The average Bonchev–Trinajstić information content (AvgIpc) is 2.17. The van der Waals surface area contributed by atoms with Gasteiger partial charge in [0.2, 0.25) is 0 Å². The molecule has 3 heteroatoms. The van der Waals surface area contributed by atoms with E-state index in [1.165, 1.54) is 0 Å². The second kappa shape index (κ2) is 5.40. The van der Waals surface area contributed by atoms with Gasteiger partial charge in [-0.15, -0.1) is 0 Å². The van der Waals surface area contributed by atoms with E-state index in [-0.39, 0.29) is 12.5 Å². The molecule has 1 rings (SSSR count). The van der Waals surface area contributed by atoms with Gasteiger partial charge in [-0.05, 0) is 19.0 Å². The quantitative estimate of drug-likeness (QED) is 0.741. The highest BCUT2D eigenvalue weighted by molar-refractivity contribution is 5.67. The fraction of sp³-hybridized carbons (Fsp3) is 0.364. The topological polar surface area (TPSA) is 49.3 Å². The largest absolute Gasteiger partial charge is 0.481 e. The summed E-state index contributed by atoms with van der Waals surface area (Å²) in [6.07, 6.45) is 0.912. The van der Waals surface area contributed by atoms with Crippen LogP contribution in [0.5, 0.6) is 0 Å². The molecule has 0 heterocycles. The number of rotatable bonds is 5. The van der Waals surface area contributed by atoms with Crippen LogP contribution >= 0.6 is 0 Å². The predicted octanol–water partition coefficient (Wildman–Crippen LogP) is 1.29. The van der Waals surface area contributed by atoms with Crippen molar-refractivity contribution in [1.82, 2.24) is 5.32 Å². The van der Waals surface area contributed by atoms with Gasteiger partial charge in [0.15, 0.2) is 0 Å². The Morgan fingerprint density at radius 3 is 2.57 bits per heavy atom. The highest BCUT2D eigenvalue weighted by Gasteiger charge is 2.10. The molecular formula is C11H15NO2. The number of hydrogen-bond donors (Lipinski definition) is 2. The van der Waals surface area contributed by atoms with Gasteiger partial charge in [0.05, 0.1) is 6.42 Å². The fourth-order valence-corrected chi connectivity index (χ4v) is 1.39. The van der Waals surface area contributed by atoms with Crippen LogP contribution in [0.4, 0.5) is 0 Å². The molecule has 0 saturated heterocycles. The third-order valence-electron chi connectivity index (χ3n) is 2.15. The van der Waals surface area contributed by atoms with Crippen LogP contribution in [-0.4, -0.2) is 24.2 Å². The molecule has 0 aromatic heterocycles. The molecule has 3 nitrogen and oxygen atoms in total. The van der Waals surface area contributed by atoms with Gasteiger partial charge in [-0.1, -0.05) is 30.3 Å². The molecule has 76 valence electrons. The molecule has 2 N–H and O–H groups in total. The van der Waals surface area contributed by atoms with Crippen molar-refractivity contribution in [2.24, 2.45) is 0 Å². The van der Waals surface area contributed by atoms with Crippen molar-refractivity contribution < 1.29 is 9.90 Å². The van der Waals surface area contributed by atoms with Gasteiger partial charge in [0.25, 0.3) is 0 Å². The van der Waals surface area contributed by atoms with E-state index in [4.69, 9.17) is 5.11 Å². The number of carboxylic acids is 1. The van der Waals surface area contributed by atoms with Crippen LogP contribution in [0.25, 0.3) is 0 Å². The van der Waals surface area contributed by atoms with Crippen molar-refractivity contribution in [3.63, 3.8) is 0 Å². The molecule has 0 radical (unpaired) electrons. The highest BCUT2D eigenvalue weighted by atomic mass is 16.4. The molecule has 0 bridgehead atoms. The van der Waals surface area contributed by atoms with Crippen LogP contribution in [0.1, 0.15) is 12.0 Å². The van der Waals surface area contributed by atoms with Crippen LogP contribution in [0.3, 0.4) is 0 Å². The van der Waals surface area contributed by atoms with Gasteiger partial charge in [-0.3, -0.25) is 4.79 Å². The van der Waals surface area contributed by atoms with E-state index in [9.17, 15) is 4.79 Å². The molecule has 1 aromatic carbocycles. The van der Waals surface area contributed by atoms with Crippen LogP contribution in [-0.2, 0) is 11.2 Å². The Kier molecular flexibility index (Phi) is 4.13. The zero-order valence-corrected chi connectivity index (χ0v) is 8.23. The lowest BCUT2D eigenvalue weighted by atomic mass is 10.0. The molecule has 0 aliphatic carbocycles. The number of carbonyl (C=O) groups is 1. The number of likely N-dealkylation sites (N-methyl/N-ethyl adjacent to an activating group) is 1. The normalized spacial score (nSPS) is 12.4. The van der Waals surface area contributed by atoms with Crippen molar-refractivity contribution in [1.29, 1.82) is 0 Å². The summed E-state index contributed by atoms with van der Waals surface area (Å²) in [5.74, 6) is -0.764. The minimum Gasteiger partial charge on any atom is -0.481 e. The Hall–Kier alpha value is -1.35. The van der Waals surface area contributed by atoms with Crippen LogP contribution < -0.4 is 5.32 Å². The Morgan fingerprint density at radius 2 is 2.07 bits per heavy atom. The van der Waals surface area contributed by atoms with E-state index in [2.05, 4.69) is 5.32 Å². The summed E-state index contributed by atoms with van der Waals surface area (Å²) >= 11 is 0. The van der Waals surface area contributed by atoms with Crippen molar-refractivity contribution in [3.05, 3.63) is 35.9 Å². The molecular weight excluding hydrogens is 178 g/mol. The number of nitrogens with one attached hydrogen (secondary N) is 1. The van der Waals surface area contributed by atoms with E-state index in [0.717, 1.165) is 12.0 Å². The van der Waals surface area contributed by atoms with Gasteiger partial charge in [-0.25, -0.2) is 0 Å². The van der Waals surface area contributed by atoms with Crippen LogP contribution in [0, 0.1) is 0 Å². The second-order valence-electron chi connectivity index (χ2n) is 3.27. The first-order valence-electron chi connectivity index (χ1n) is 4.65. The fourth-order valence-electron chi connectivity index (χ4n) is 1.39. The summed E-state index contributed by atoms with van der Waals surface area (Å²) in [7, 11) is 1.79. The van der Waals surface area contributed by atoms with E-state index in [1.807, 2.05) is 30.3 Å². The first-order valence-corrected chi connectivity index (χ1v) is 4.65. The van der Waals surface area contributed by atoms with Gasteiger partial charge in [-0.2, -0.15) is 0 Å². The first-order chi connectivity index (χ1) is 6.72. The third-order valence-corrected chi connectivity index (χ3v) is 2.15. The summed E-state index contributed by atoms with van der Waals surface area (Å²) in [4.78, 5) is 10.5. The van der Waals surface area contributed by atoms with Crippen molar-refractivity contribution >= 4 is 5.97 Å². The molecule has 0 aliphatic rings. The maximum atomic E-state index is 10.5. The summed E-state index contributed by atoms with van der Waals surface area (Å²) < 4.78 is 0. The van der Waals surface area contributed by atoms with Crippen LogP contribution in [0.15, 0.2) is 30.3 Å². The Balaban J connectivity index is 2.53. The predicted molar refractivity (Wildman–Crippen MR) is 55.2 cm³/mol. The van der Waals surface area contributed by atoms with Crippen LogP contribution in [0.2, 0.25) is 0 Å². The van der Waals surface area contributed by atoms with Crippen molar-refractivity contribution in [2.45, 2.75) is 18.9 Å². The van der Waals surface area contributed by atoms with Gasteiger partial charge < -0.3 is 10.4 Å². The van der Waals surface area contributed by atoms with Gasteiger partial charge in [0, 0.05) is 6.04 Å². The third kappa shape index (κ3) is 3.58. The van der Waals surface area contributed by atoms with Crippen molar-refractivity contribution in [2.75, 3.05) is 7.05 Å². The summed E-state index contributed by atoms with van der Waals surface area (Å²) in [6, 6.07) is 9.90. The monoisotopic (exact) mass is 193 g/mol. The SMILES string of the molecule is CN[C@H](CC(=O)O)Cc1ccccc1. The van der Waals surface area contributed by atoms with E-state index < -0.39 is 5.97 Å². The zero-order valence-electron chi connectivity index (χ0n) is 8.23. The number of hydrogen-bond acceptors (Lipinski definition) is 2. The molecule has 0 spiro atoms. The zero-order chi connectivity index (χ0) is 10.4. The maximum absolute atomic E-state index is 10.5. The number of aliphatic carboxylic acids is 1. The lowest BCUT2D eigenvalue weighted by Gasteiger charge is -2.13. The molecule has 1 atom stereocenters. The molecule has 0 unspecified atom stereocenters. The highest BCUT2D eigenvalue weighted by Crippen LogP contribution is 2.05. The maximum Gasteiger partial charge on any atom is 0.304 e. The standard InChI is InChI=1S/C11H15NO2/c1-12-10(8-11(13)14)7-9-5-3-2-4-6-9/h2-6,10,12H,7-8H2,1H3,(H,13,14)/t10-/m0/s1. The smallest absolute Gasteiger partial charge is 0.304 e. The van der Waals surface area contributed by atoms with E-state index in [1.54, 1.807) is 7.05 Å². The molecule has 0 aliphatic heterocycles.